The maximum Gasteiger partial charge on any atom is 0.125 e. The lowest BCUT2D eigenvalue weighted by molar-refractivity contribution is 0.271. The molecule has 1 aromatic heterocycles. The van der Waals surface area contributed by atoms with E-state index >= 15 is 0 Å². The molecule has 4 aromatic rings. The predicted octanol–water partition coefficient (Wildman–Crippen LogP) is 7.73. The zero-order valence-corrected chi connectivity index (χ0v) is 23.8. The van der Waals surface area contributed by atoms with Gasteiger partial charge in [-0.25, -0.2) is 0 Å². The fourth-order valence-electron chi connectivity index (χ4n) is 6.42. The monoisotopic (exact) mass is 520 g/mol. The molecule has 1 N–H and O–H groups in total. The third-order valence-electron chi connectivity index (χ3n) is 8.47. The summed E-state index contributed by atoms with van der Waals surface area (Å²) in [5.41, 5.74) is 12.3. The van der Waals surface area contributed by atoms with E-state index in [0.717, 1.165) is 62.4 Å². The summed E-state index contributed by atoms with van der Waals surface area (Å²) in [7, 11) is 1.74. The molecule has 2 heterocycles. The van der Waals surface area contributed by atoms with Gasteiger partial charge in [-0.2, -0.15) is 0 Å². The van der Waals surface area contributed by atoms with Crippen LogP contribution in [-0.4, -0.2) is 30.1 Å². The largest absolute Gasteiger partial charge is 0.496 e. The third kappa shape index (κ3) is 5.35. The van der Waals surface area contributed by atoms with Crippen molar-refractivity contribution >= 4 is 16.5 Å². The lowest BCUT2D eigenvalue weighted by atomic mass is 9.85. The van der Waals surface area contributed by atoms with Gasteiger partial charge in [-0.3, -0.25) is 4.90 Å². The molecule has 0 unspecified atom stereocenters. The Balaban J connectivity index is 1.13. The predicted molar refractivity (Wildman–Crippen MR) is 161 cm³/mol. The van der Waals surface area contributed by atoms with Gasteiger partial charge in [0, 0.05) is 41.8 Å². The number of nitrogens with zero attached hydrogens (tertiary/aromatic N) is 1. The number of aromatic amines is 1. The van der Waals surface area contributed by atoms with E-state index in [1.165, 1.54) is 44.4 Å². The molecule has 0 fully saturated rings. The van der Waals surface area contributed by atoms with Crippen molar-refractivity contribution in [3.63, 3.8) is 0 Å². The number of hydrogen-bond donors (Lipinski definition) is 1. The molecular weight excluding hydrogens is 480 g/mol. The minimum absolute atomic E-state index is 0.509. The SMILES string of the molecule is COc1cc(CC(C)C)ccc1COc1ccc2c(c1)CCC(CN1CCc3c([nH]c4ccccc34)C1)=C2C. The zero-order valence-electron chi connectivity index (χ0n) is 23.8. The van der Waals surface area contributed by atoms with Gasteiger partial charge in [-0.15, -0.1) is 0 Å². The van der Waals surface area contributed by atoms with Crippen LogP contribution in [0.2, 0.25) is 0 Å². The summed E-state index contributed by atoms with van der Waals surface area (Å²) in [6, 6.07) is 21.8. The van der Waals surface area contributed by atoms with E-state index in [1.54, 1.807) is 12.7 Å². The number of benzene rings is 3. The zero-order chi connectivity index (χ0) is 26.9. The Morgan fingerprint density at radius 3 is 2.69 bits per heavy atom. The highest BCUT2D eigenvalue weighted by molar-refractivity contribution is 5.84. The van der Waals surface area contributed by atoms with Crippen LogP contribution in [0.1, 0.15) is 60.7 Å². The summed E-state index contributed by atoms with van der Waals surface area (Å²) in [6.07, 6.45) is 4.36. The van der Waals surface area contributed by atoms with Crippen LogP contribution in [0.25, 0.3) is 16.5 Å². The van der Waals surface area contributed by atoms with Crippen molar-refractivity contribution in [1.29, 1.82) is 0 Å². The third-order valence-corrected chi connectivity index (χ3v) is 8.47. The minimum Gasteiger partial charge on any atom is -0.496 e. The van der Waals surface area contributed by atoms with Gasteiger partial charge in [-0.1, -0.05) is 55.8 Å². The highest BCUT2D eigenvalue weighted by Crippen LogP contribution is 2.35. The number of ether oxygens (including phenoxy) is 2. The fraction of sp³-hybridized carbons (Fsp3) is 0.371. The topological polar surface area (TPSA) is 37.5 Å². The number of H-pyrrole nitrogens is 1. The number of aromatic nitrogens is 1. The van der Waals surface area contributed by atoms with E-state index < -0.39 is 0 Å². The Hall–Kier alpha value is -3.50. The number of para-hydroxylation sites is 1. The molecule has 1 aliphatic heterocycles. The molecule has 6 rings (SSSR count). The van der Waals surface area contributed by atoms with Crippen molar-refractivity contribution in [1.82, 2.24) is 9.88 Å². The molecule has 0 saturated carbocycles. The molecule has 0 amide bonds. The van der Waals surface area contributed by atoms with Crippen molar-refractivity contribution in [2.75, 3.05) is 20.2 Å². The van der Waals surface area contributed by atoms with Gasteiger partial charge in [-0.05, 0) is 90.6 Å². The Labute approximate surface area is 232 Å². The number of fused-ring (bicyclic) bond motifs is 4. The molecule has 202 valence electrons. The summed E-state index contributed by atoms with van der Waals surface area (Å²) in [6.45, 7) is 10.5. The Bertz CT molecular complexity index is 1530. The van der Waals surface area contributed by atoms with Crippen LogP contribution in [0.4, 0.5) is 0 Å². The van der Waals surface area contributed by atoms with E-state index in [1.807, 2.05) is 0 Å². The van der Waals surface area contributed by atoms with Gasteiger partial charge in [0.25, 0.3) is 0 Å². The number of rotatable bonds is 8. The van der Waals surface area contributed by atoms with Crippen LogP contribution in [-0.2, 0) is 32.4 Å². The number of methoxy groups -OCH3 is 1. The molecule has 39 heavy (non-hydrogen) atoms. The van der Waals surface area contributed by atoms with Crippen LogP contribution < -0.4 is 9.47 Å². The first-order valence-electron chi connectivity index (χ1n) is 14.4. The van der Waals surface area contributed by atoms with Gasteiger partial charge >= 0.3 is 0 Å². The van der Waals surface area contributed by atoms with Gasteiger partial charge in [0.05, 0.1) is 7.11 Å². The molecule has 3 aromatic carbocycles. The molecule has 0 bridgehead atoms. The molecule has 0 saturated heterocycles. The van der Waals surface area contributed by atoms with Crippen LogP contribution in [0.5, 0.6) is 11.5 Å². The molecular formula is C35H40N2O2. The maximum atomic E-state index is 6.26. The first-order valence-corrected chi connectivity index (χ1v) is 14.4. The highest BCUT2D eigenvalue weighted by Gasteiger charge is 2.23. The van der Waals surface area contributed by atoms with Gasteiger partial charge in [0.15, 0.2) is 0 Å². The van der Waals surface area contributed by atoms with Crippen LogP contribution in [0.15, 0.2) is 66.2 Å². The summed E-state index contributed by atoms with van der Waals surface area (Å²) in [5.74, 6) is 2.46. The lowest BCUT2D eigenvalue weighted by Gasteiger charge is -2.30. The fourth-order valence-corrected chi connectivity index (χ4v) is 6.42. The van der Waals surface area contributed by atoms with Crippen molar-refractivity contribution in [2.45, 2.75) is 59.6 Å². The Morgan fingerprint density at radius 2 is 1.85 bits per heavy atom. The molecule has 4 nitrogen and oxygen atoms in total. The summed E-state index contributed by atoms with van der Waals surface area (Å²) in [5, 5.41) is 1.40. The van der Waals surface area contributed by atoms with Crippen molar-refractivity contribution in [3.05, 3.63) is 99.7 Å². The van der Waals surface area contributed by atoms with E-state index in [0.29, 0.717) is 12.5 Å². The molecule has 2 aliphatic rings. The minimum atomic E-state index is 0.509. The molecule has 1 aliphatic carbocycles. The standard InChI is InChI=1S/C35H40N2O2/c1-23(2)17-25-9-10-28(35(18-25)38-4)22-39-29-13-14-30-24(3)27(12-11-26(30)19-29)20-37-16-15-32-31-7-5-6-8-33(31)36-34(32)21-37/h5-10,13-14,18-19,23,36H,11-12,15-17,20-22H2,1-4H3. The molecule has 4 heteroatoms. The van der Waals surface area contributed by atoms with Gasteiger partial charge in [0.1, 0.15) is 18.1 Å². The molecule has 0 atom stereocenters. The second-order valence-electron chi connectivity index (χ2n) is 11.7. The van der Waals surface area contributed by atoms with Gasteiger partial charge < -0.3 is 14.5 Å². The van der Waals surface area contributed by atoms with E-state index in [9.17, 15) is 0 Å². The normalized spacial score (nSPS) is 15.5. The Kier molecular flexibility index (Phi) is 7.22. The molecule has 0 radical (unpaired) electrons. The quantitative estimate of drug-likeness (QED) is 0.258. The maximum absolute atomic E-state index is 6.26. The second kappa shape index (κ2) is 10.9. The van der Waals surface area contributed by atoms with Crippen LogP contribution in [0.3, 0.4) is 0 Å². The average molecular weight is 521 g/mol. The van der Waals surface area contributed by atoms with Crippen LogP contribution in [0, 0.1) is 5.92 Å². The lowest BCUT2D eigenvalue weighted by Crippen LogP contribution is -2.32. The summed E-state index contributed by atoms with van der Waals surface area (Å²) >= 11 is 0. The second-order valence-corrected chi connectivity index (χ2v) is 11.7. The first-order chi connectivity index (χ1) is 19.0. The van der Waals surface area contributed by atoms with E-state index in [2.05, 4.69) is 91.3 Å². The number of hydrogen-bond acceptors (Lipinski definition) is 3. The number of nitrogens with one attached hydrogen (secondary N) is 1. The molecule has 0 spiro atoms. The number of aryl methyl sites for hydroxylation is 1. The smallest absolute Gasteiger partial charge is 0.125 e. The number of allylic oxidation sites excluding steroid dienone is 1. The first kappa shape index (κ1) is 25.8. The Morgan fingerprint density at radius 1 is 0.974 bits per heavy atom. The van der Waals surface area contributed by atoms with Crippen molar-refractivity contribution in [2.24, 2.45) is 5.92 Å². The van der Waals surface area contributed by atoms with Crippen LogP contribution >= 0.6 is 0 Å². The summed E-state index contributed by atoms with van der Waals surface area (Å²) < 4.78 is 11.9. The average Bonchev–Trinajstić information content (AvgIpc) is 3.31. The highest BCUT2D eigenvalue weighted by atomic mass is 16.5. The van der Waals surface area contributed by atoms with Crippen molar-refractivity contribution < 1.29 is 9.47 Å². The van der Waals surface area contributed by atoms with Gasteiger partial charge in [0.2, 0.25) is 0 Å². The van der Waals surface area contributed by atoms with E-state index in [4.69, 9.17) is 9.47 Å². The van der Waals surface area contributed by atoms with E-state index in [-0.39, 0.29) is 0 Å². The summed E-state index contributed by atoms with van der Waals surface area (Å²) in [4.78, 5) is 6.29. The van der Waals surface area contributed by atoms with Crippen molar-refractivity contribution in [3.8, 4) is 11.5 Å².